The molecule has 9 atom stereocenters. The lowest BCUT2D eigenvalue weighted by atomic mass is 9.95. The minimum Gasteiger partial charge on any atom is -0.370 e. The first-order valence-corrected chi connectivity index (χ1v) is 26.5. The number of fused-ring (bicyclic) bond motifs is 1. The maximum atomic E-state index is 14.5. The standard InChI is InChI=1S/C52H84N18O8/c1-6-30(4)42(50(78)68-40(43(55)71)25-32-18-19-33-13-7-8-14-34(33)24-32)70-49(77)41(23-29(2)3)69-48(76)39(17-12-22-62-52(58)59)67-47(75)38(16-11-21-61-51(56)57)66-46(74)37(15-9-10-20-53)65-44(72)31(5)64-45(73)36(54)26-35-27-60-28-63-35/h7-8,13-14,18-19,24,27-31,36-42H,6,9-12,15-17,20-23,25-26,53-54H2,1-5H3,(H2,55,71)(H,60,63)(H,64,73)(H,65,72)(H,66,74)(H,67,75)(H,68,78)(H,69,76)(H,70,77)(H4,56,57,61)(H4,58,59,62)/t30-,31-,36-,37-,38-,39-,40-,41-,42-/m0/s1. The van der Waals surface area contributed by atoms with E-state index in [1.54, 1.807) is 6.92 Å². The van der Waals surface area contributed by atoms with E-state index in [0.29, 0.717) is 31.5 Å². The number of hydrogen-bond donors (Lipinski definition) is 15. The number of aromatic nitrogens is 2. The number of amides is 8. The van der Waals surface area contributed by atoms with E-state index in [-0.39, 0.29) is 82.3 Å². The van der Waals surface area contributed by atoms with Crippen molar-refractivity contribution in [1.29, 1.82) is 0 Å². The lowest BCUT2D eigenvalue weighted by Gasteiger charge is -2.30. The fourth-order valence-corrected chi connectivity index (χ4v) is 8.28. The summed E-state index contributed by atoms with van der Waals surface area (Å²) in [6, 6.07) is 3.81. The van der Waals surface area contributed by atoms with Crippen LogP contribution in [0.4, 0.5) is 0 Å². The number of primary amides is 1. The molecule has 3 aromatic rings. The van der Waals surface area contributed by atoms with Crippen molar-refractivity contribution in [3.63, 3.8) is 0 Å². The molecule has 430 valence electrons. The molecule has 0 radical (unpaired) electrons. The molecule has 2 aromatic carbocycles. The number of benzene rings is 2. The zero-order chi connectivity index (χ0) is 57.9. The van der Waals surface area contributed by atoms with Crippen molar-refractivity contribution in [1.82, 2.24) is 47.2 Å². The molecule has 3 rings (SSSR count). The Morgan fingerprint density at radius 2 is 1.12 bits per heavy atom. The van der Waals surface area contributed by atoms with Gasteiger partial charge in [0.1, 0.15) is 42.3 Å². The molecule has 0 bridgehead atoms. The molecule has 0 saturated carbocycles. The number of aliphatic imine (C=N–C) groups is 2. The van der Waals surface area contributed by atoms with Crippen LogP contribution in [0.15, 0.2) is 65.0 Å². The summed E-state index contributed by atoms with van der Waals surface area (Å²) in [5, 5.41) is 20.9. The zero-order valence-electron chi connectivity index (χ0n) is 45.5. The summed E-state index contributed by atoms with van der Waals surface area (Å²) in [6.45, 7) is 9.12. The number of nitrogens with zero attached hydrogens (tertiary/aromatic N) is 3. The van der Waals surface area contributed by atoms with Crippen LogP contribution in [0.5, 0.6) is 0 Å². The molecule has 78 heavy (non-hydrogen) atoms. The Kier molecular flexibility index (Phi) is 27.5. The Morgan fingerprint density at radius 3 is 1.63 bits per heavy atom. The summed E-state index contributed by atoms with van der Waals surface area (Å²) in [5.41, 5.74) is 41.2. The third-order valence-corrected chi connectivity index (χ3v) is 12.9. The highest BCUT2D eigenvalue weighted by Crippen LogP contribution is 2.18. The van der Waals surface area contributed by atoms with Crippen LogP contribution in [-0.4, -0.2) is 137 Å². The van der Waals surface area contributed by atoms with E-state index in [0.717, 1.165) is 16.3 Å². The number of carbonyl (C=O) groups is 8. The Morgan fingerprint density at radius 1 is 0.590 bits per heavy atom. The number of unbranched alkanes of at least 4 members (excludes halogenated alkanes) is 1. The van der Waals surface area contributed by atoms with Crippen molar-refractivity contribution in [2.45, 2.75) is 154 Å². The maximum Gasteiger partial charge on any atom is 0.243 e. The molecular formula is C52H84N18O8. The van der Waals surface area contributed by atoms with Gasteiger partial charge in [-0.05, 0) is 93.0 Å². The van der Waals surface area contributed by atoms with Gasteiger partial charge in [0.2, 0.25) is 47.3 Å². The maximum absolute atomic E-state index is 14.5. The van der Waals surface area contributed by atoms with E-state index in [1.807, 2.05) is 63.2 Å². The van der Waals surface area contributed by atoms with Gasteiger partial charge in [0.25, 0.3) is 0 Å². The third kappa shape index (κ3) is 22.8. The summed E-state index contributed by atoms with van der Waals surface area (Å²) >= 11 is 0. The molecule has 26 heteroatoms. The summed E-state index contributed by atoms with van der Waals surface area (Å²) < 4.78 is 0. The van der Waals surface area contributed by atoms with Crippen molar-refractivity contribution in [2.24, 2.45) is 62.0 Å². The number of hydrogen-bond acceptors (Lipinski definition) is 13. The van der Waals surface area contributed by atoms with Crippen molar-refractivity contribution in [3.8, 4) is 0 Å². The van der Waals surface area contributed by atoms with Gasteiger partial charge in [-0.3, -0.25) is 48.3 Å². The second kappa shape index (κ2) is 33.3. The van der Waals surface area contributed by atoms with Gasteiger partial charge in [0.15, 0.2) is 11.9 Å². The first-order chi connectivity index (χ1) is 37.0. The molecule has 1 aromatic heterocycles. The lowest BCUT2D eigenvalue weighted by Crippen LogP contribution is -2.61. The van der Waals surface area contributed by atoms with Crippen LogP contribution in [0, 0.1) is 11.8 Å². The number of nitrogens with two attached hydrogens (primary N) is 7. The predicted molar refractivity (Wildman–Crippen MR) is 298 cm³/mol. The summed E-state index contributed by atoms with van der Waals surface area (Å²) in [6.07, 6.45) is 4.98. The molecule has 0 unspecified atom stereocenters. The second-order valence-electron chi connectivity index (χ2n) is 19.9. The molecule has 0 aliphatic carbocycles. The summed E-state index contributed by atoms with van der Waals surface area (Å²) in [4.78, 5) is 125. The van der Waals surface area contributed by atoms with Gasteiger partial charge in [-0.1, -0.05) is 76.6 Å². The molecule has 22 N–H and O–H groups in total. The molecule has 26 nitrogen and oxygen atoms in total. The van der Waals surface area contributed by atoms with E-state index in [9.17, 15) is 38.4 Å². The van der Waals surface area contributed by atoms with Crippen molar-refractivity contribution in [3.05, 3.63) is 66.2 Å². The van der Waals surface area contributed by atoms with Gasteiger partial charge in [-0.15, -0.1) is 0 Å². The molecule has 0 aliphatic heterocycles. The van der Waals surface area contributed by atoms with Crippen LogP contribution < -0.4 is 77.4 Å². The number of aromatic amines is 1. The van der Waals surface area contributed by atoms with Gasteiger partial charge in [0, 0.05) is 37.8 Å². The fraction of sp³-hybridized carbons (Fsp3) is 0.558. The first kappa shape index (κ1) is 64.4. The normalized spacial score (nSPS) is 14.6. The lowest BCUT2D eigenvalue weighted by molar-refractivity contribution is -0.136. The quantitative estimate of drug-likeness (QED) is 0.0171. The average Bonchev–Trinajstić information content (AvgIpc) is 3.91. The van der Waals surface area contributed by atoms with Crippen LogP contribution in [-0.2, 0) is 51.2 Å². The van der Waals surface area contributed by atoms with Crippen molar-refractivity contribution in [2.75, 3.05) is 19.6 Å². The van der Waals surface area contributed by atoms with E-state index >= 15 is 0 Å². The monoisotopic (exact) mass is 1090 g/mol. The number of H-pyrrole nitrogens is 1. The van der Waals surface area contributed by atoms with E-state index in [4.69, 9.17) is 40.1 Å². The molecule has 0 fully saturated rings. The number of nitrogens with one attached hydrogen (secondary N) is 8. The molecule has 0 spiro atoms. The van der Waals surface area contributed by atoms with Crippen LogP contribution in [0.2, 0.25) is 0 Å². The topological polar surface area (TPSA) is 456 Å². The van der Waals surface area contributed by atoms with Crippen LogP contribution >= 0.6 is 0 Å². The first-order valence-electron chi connectivity index (χ1n) is 26.5. The molecular weight excluding hydrogens is 1000 g/mol. The van der Waals surface area contributed by atoms with Crippen molar-refractivity contribution >= 4 is 69.9 Å². The molecule has 8 amide bonds. The minimum atomic E-state index is -1.34. The molecule has 0 saturated heterocycles. The highest BCUT2D eigenvalue weighted by molar-refractivity contribution is 5.98. The van der Waals surface area contributed by atoms with Gasteiger partial charge >= 0.3 is 0 Å². The minimum absolute atomic E-state index is 0.0445. The number of rotatable bonds is 35. The van der Waals surface area contributed by atoms with Crippen LogP contribution in [0.3, 0.4) is 0 Å². The Balaban J connectivity index is 1.88. The van der Waals surface area contributed by atoms with Gasteiger partial charge in [-0.2, -0.15) is 0 Å². The molecule has 1 heterocycles. The largest absolute Gasteiger partial charge is 0.370 e. The van der Waals surface area contributed by atoms with Crippen molar-refractivity contribution < 1.29 is 38.4 Å². The Bertz CT molecular complexity index is 2500. The molecule has 0 aliphatic rings. The number of imidazole rings is 1. The van der Waals surface area contributed by atoms with Crippen LogP contribution in [0.25, 0.3) is 10.8 Å². The van der Waals surface area contributed by atoms with E-state index in [1.165, 1.54) is 19.4 Å². The average molecular weight is 1090 g/mol. The van der Waals surface area contributed by atoms with Gasteiger partial charge < -0.3 is 82.3 Å². The zero-order valence-corrected chi connectivity index (χ0v) is 45.5. The van der Waals surface area contributed by atoms with Gasteiger partial charge in [-0.25, -0.2) is 4.98 Å². The number of carbonyl (C=O) groups excluding carboxylic acids is 8. The van der Waals surface area contributed by atoms with E-state index < -0.39 is 102 Å². The van der Waals surface area contributed by atoms with E-state index in [2.05, 4.69) is 57.2 Å². The SMILES string of the molecule is CC[C@H](C)[C@H](NC(=O)[C@H](CC(C)C)NC(=O)[C@H](CCCN=C(N)N)NC(=O)[C@H](CCCN=C(N)N)NC(=O)[C@H](CCCCN)NC(=O)[C@H](C)NC(=O)[C@@H](N)Cc1cnc[nH]1)C(=O)N[C@@H](Cc1ccc2ccccc2c1)C(N)=O. The predicted octanol–water partition coefficient (Wildman–Crippen LogP) is -2.10. The smallest absolute Gasteiger partial charge is 0.243 e. The summed E-state index contributed by atoms with van der Waals surface area (Å²) in [7, 11) is 0. The Hall–Kier alpha value is -7.87. The fourth-order valence-electron chi connectivity index (χ4n) is 8.28. The third-order valence-electron chi connectivity index (χ3n) is 12.9. The number of guanidine groups is 2. The Labute approximate surface area is 455 Å². The second-order valence-corrected chi connectivity index (χ2v) is 19.9. The highest BCUT2D eigenvalue weighted by atomic mass is 16.2. The summed E-state index contributed by atoms with van der Waals surface area (Å²) in [5.74, 6) is -6.81. The highest BCUT2D eigenvalue weighted by Gasteiger charge is 2.35. The van der Waals surface area contributed by atoms with Crippen LogP contribution in [0.1, 0.15) is 104 Å². The van der Waals surface area contributed by atoms with Gasteiger partial charge in [0.05, 0.1) is 12.4 Å².